The van der Waals surface area contributed by atoms with Gasteiger partial charge in [0.25, 0.3) is 5.91 Å². The van der Waals surface area contributed by atoms with Gasteiger partial charge in [0.1, 0.15) is 17.1 Å². The molecule has 1 fully saturated rings. The Bertz CT molecular complexity index is 677. The molecule has 1 atom stereocenters. The molecule has 2 aromatic rings. The predicted molar refractivity (Wildman–Crippen MR) is 82.5 cm³/mol. The number of rotatable bonds is 3. The first-order chi connectivity index (χ1) is 10.6. The van der Waals surface area contributed by atoms with Gasteiger partial charge in [-0.15, -0.1) is 0 Å². The molecule has 1 amide bonds. The number of morpholine rings is 1. The Kier molecular flexibility index (Phi) is 3.77. The number of benzene rings is 1. The number of amides is 1. The highest BCUT2D eigenvalue weighted by atomic mass is 16.5. The highest BCUT2D eigenvalue weighted by molar-refractivity contribution is 5.90. The van der Waals surface area contributed by atoms with Gasteiger partial charge in [0.2, 0.25) is 0 Å². The van der Waals surface area contributed by atoms with Crippen LogP contribution in [0.1, 0.15) is 23.0 Å². The monoisotopic (exact) mass is 298 g/mol. The van der Waals surface area contributed by atoms with E-state index in [1.165, 1.54) is 6.20 Å². The van der Waals surface area contributed by atoms with Crippen molar-refractivity contribution in [1.82, 2.24) is 9.97 Å². The van der Waals surface area contributed by atoms with E-state index in [4.69, 9.17) is 10.5 Å². The number of nitrogens with zero attached hydrogens (tertiary/aromatic N) is 3. The van der Waals surface area contributed by atoms with Gasteiger partial charge in [-0.1, -0.05) is 30.3 Å². The summed E-state index contributed by atoms with van der Waals surface area (Å²) < 4.78 is 6.00. The number of hydrogen-bond donors (Lipinski definition) is 1. The van der Waals surface area contributed by atoms with Crippen LogP contribution in [0.4, 0.5) is 5.82 Å². The van der Waals surface area contributed by atoms with Crippen LogP contribution in [0, 0.1) is 0 Å². The lowest BCUT2D eigenvalue weighted by Crippen LogP contribution is -2.48. The molecule has 2 heterocycles. The standard InChI is InChI=1S/C16H18N4O2/c1-16(12-5-3-2-4-6-12)11-20(7-8-22-16)14-10-18-9-13(19-14)15(17)21/h2-6,9-10H,7-8,11H2,1H3,(H2,17,21). The van der Waals surface area contributed by atoms with Crippen molar-refractivity contribution >= 4 is 11.7 Å². The topological polar surface area (TPSA) is 81.3 Å². The summed E-state index contributed by atoms with van der Waals surface area (Å²) in [6.07, 6.45) is 3.02. The van der Waals surface area contributed by atoms with E-state index in [0.717, 1.165) is 5.56 Å². The van der Waals surface area contributed by atoms with Crippen LogP contribution in [0.5, 0.6) is 0 Å². The lowest BCUT2D eigenvalue weighted by atomic mass is 9.94. The summed E-state index contributed by atoms with van der Waals surface area (Å²) in [5.41, 5.74) is 6.13. The first-order valence-corrected chi connectivity index (χ1v) is 7.15. The molecular weight excluding hydrogens is 280 g/mol. The number of carbonyl (C=O) groups is 1. The SMILES string of the molecule is CC1(c2ccccc2)CN(c2cncc(C(N)=O)n2)CCO1. The molecule has 1 aromatic carbocycles. The second-order valence-electron chi connectivity index (χ2n) is 5.49. The molecule has 0 spiro atoms. The van der Waals surface area contributed by atoms with Crippen LogP contribution in [-0.4, -0.2) is 35.6 Å². The van der Waals surface area contributed by atoms with Crippen LogP contribution in [0.3, 0.4) is 0 Å². The Morgan fingerprint density at radius 2 is 2.09 bits per heavy atom. The van der Waals surface area contributed by atoms with Crippen molar-refractivity contribution in [3.05, 3.63) is 54.0 Å². The summed E-state index contributed by atoms with van der Waals surface area (Å²) >= 11 is 0. The number of carbonyl (C=O) groups excluding carboxylic acids is 1. The number of aromatic nitrogens is 2. The van der Waals surface area contributed by atoms with Crippen LogP contribution in [-0.2, 0) is 10.3 Å². The van der Waals surface area contributed by atoms with Crippen LogP contribution in [0.25, 0.3) is 0 Å². The van der Waals surface area contributed by atoms with E-state index in [9.17, 15) is 4.79 Å². The lowest BCUT2D eigenvalue weighted by molar-refractivity contribution is -0.0468. The van der Waals surface area contributed by atoms with E-state index < -0.39 is 11.5 Å². The predicted octanol–water partition coefficient (Wildman–Crippen LogP) is 1.33. The smallest absolute Gasteiger partial charge is 0.268 e. The van der Waals surface area contributed by atoms with Crippen molar-refractivity contribution < 1.29 is 9.53 Å². The van der Waals surface area contributed by atoms with E-state index in [1.807, 2.05) is 18.2 Å². The first-order valence-electron chi connectivity index (χ1n) is 7.15. The summed E-state index contributed by atoms with van der Waals surface area (Å²) in [5, 5.41) is 0. The third-order valence-electron chi connectivity index (χ3n) is 3.86. The van der Waals surface area contributed by atoms with Crippen molar-refractivity contribution in [2.45, 2.75) is 12.5 Å². The molecule has 0 bridgehead atoms. The van der Waals surface area contributed by atoms with E-state index in [2.05, 4.69) is 33.9 Å². The number of nitrogens with two attached hydrogens (primary N) is 1. The minimum Gasteiger partial charge on any atom is -0.367 e. The highest BCUT2D eigenvalue weighted by Crippen LogP contribution is 2.30. The van der Waals surface area contributed by atoms with Crippen LogP contribution >= 0.6 is 0 Å². The summed E-state index contributed by atoms with van der Waals surface area (Å²) in [7, 11) is 0. The van der Waals surface area contributed by atoms with Gasteiger partial charge in [0, 0.05) is 6.54 Å². The molecule has 1 aliphatic heterocycles. The van der Waals surface area contributed by atoms with Crippen molar-refractivity contribution in [2.75, 3.05) is 24.6 Å². The maximum atomic E-state index is 11.3. The molecule has 2 N–H and O–H groups in total. The maximum absolute atomic E-state index is 11.3. The fourth-order valence-corrected chi connectivity index (χ4v) is 2.66. The second-order valence-corrected chi connectivity index (χ2v) is 5.49. The molecule has 22 heavy (non-hydrogen) atoms. The highest BCUT2D eigenvalue weighted by Gasteiger charge is 2.34. The number of anilines is 1. The zero-order chi connectivity index (χ0) is 15.6. The Hall–Kier alpha value is -2.47. The Labute approximate surface area is 128 Å². The van der Waals surface area contributed by atoms with Crippen LogP contribution in [0.15, 0.2) is 42.7 Å². The molecule has 0 aliphatic carbocycles. The number of primary amides is 1. The van der Waals surface area contributed by atoms with Crippen molar-refractivity contribution in [2.24, 2.45) is 5.73 Å². The number of hydrogen-bond acceptors (Lipinski definition) is 5. The first kappa shape index (κ1) is 14.5. The Morgan fingerprint density at radius 1 is 1.32 bits per heavy atom. The molecule has 1 aliphatic rings. The van der Waals surface area contributed by atoms with Gasteiger partial charge in [0.05, 0.1) is 25.5 Å². The van der Waals surface area contributed by atoms with Gasteiger partial charge >= 0.3 is 0 Å². The average molecular weight is 298 g/mol. The number of ether oxygens (including phenoxy) is 1. The third kappa shape index (κ3) is 2.78. The van der Waals surface area contributed by atoms with Crippen molar-refractivity contribution in [3.63, 3.8) is 0 Å². The molecule has 1 saturated heterocycles. The van der Waals surface area contributed by atoms with Crippen LogP contribution in [0.2, 0.25) is 0 Å². The fraction of sp³-hybridized carbons (Fsp3) is 0.312. The fourth-order valence-electron chi connectivity index (χ4n) is 2.66. The zero-order valence-corrected chi connectivity index (χ0v) is 12.4. The molecule has 3 rings (SSSR count). The van der Waals surface area contributed by atoms with E-state index in [0.29, 0.717) is 25.5 Å². The summed E-state index contributed by atoms with van der Waals surface area (Å²) in [6.45, 7) is 3.96. The molecule has 6 nitrogen and oxygen atoms in total. The normalized spacial score (nSPS) is 21.6. The minimum atomic E-state index is -0.576. The maximum Gasteiger partial charge on any atom is 0.268 e. The largest absolute Gasteiger partial charge is 0.367 e. The van der Waals surface area contributed by atoms with E-state index >= 15 is 0 Å². The van der Waals surface area contributed by atoms with Gasteiger partial charge < -0.3 is 15.4 Å². The Balaban J connectivity index is 1.87. The van der Waals surface area contributed by atoms with Gasteiger partial charge in [-0.05, 0) is 12.5 Å². The van der Waals surface area contributed by atoms with E-state index in [1.54, 1.807) is 6.20 Å². The molecular formula is C16H18N4O2. The third-order valence-corrected chi connectivity index (χ3v) is 3.86. The average Bonchev–Trinajstić information content (AvgIpc) is 2.56. The van der Waals surface area contributed by atoms with Gasteiger partial charge in [-0.2, -0.15) is 0 Å². The summed E-state index contributed by atoms with van der Waals surface area (Å²) in [5.74, 6) is 0.0650. The lowest BCUT2D eigenvalue weighted by Gasteiger charge is -2.41. The summed E-state index contributed by atoms with van der Waals surface area (Å²) in [4.78, 5) is 21.7. The van der Waals surface area contributed by atoms with Gasteiger partial charge in [-0.3, -0.25) is 9.78 Å². The molecule has 1 aromatic heterocycles. The minimum absolute atomic E-state index is 0.172. The molecule has 1 unspecified atom stereocenters. The summed E-state index contributed by atoms with van der Waals surface area (Å²) in [6, 6.07) is 10.1. The quantitative estimate of drug-likeness (QED) is 0.924. The van der Waals surface area contributed by atoms with Gasteiger partial charge in [-0.25, -0.2) is 4.98 Å². The van der Waals surface area contributed by atoms with E-state index in [-0.39, 0.29) is 5.69 Å². The Morgan fingerprint density at radius 3 is 2.82 bits per heavy atom. The molecule has 0 saturated carbocycles. The zero-order valence-electron chi connectivity index (χ0n) is 12.4. The second kappa shape index (κ2) is 5.73. The molecule has 0 radical (unpaired) electrons. The van der Waals surface area contributed by atoms with Crippen molar-refractivity contribution in [1.29, 1.82) is 0 Å². The van der Waals surface area contributed by atoms with Gasteiger partial charge in [0.15, 0.2) is 0 Å². The molecule has 114 valence electrons. The molecule has 6 heteroatoms. The van der Waals surface area contributed by atoms with Crippen LogP contribution < -0.4 is 10.6 Å². The van der Waals surface area contributed by atoms with Crippen molar-refractivity contribution in [3.8, 4) is 0 Å².